The Hall–Kier alpha value is -2.72. The van der Waals surface area contributed by atoms with Crippen molar-refractivity contribution >= 4 is 17.2 Å². The number of rotatable bonds is 4. The molecule has 1 aromatic carbocycles. The first-order chi connectivity index (χ1) is 13.9. The van der Waals surface area contributed by atoms with Crippen molar-refractivity contribution in [3.63, 3.8) is 0 Å². The van der Waals surface area contributed by atoms with Crippen LogP contribution in [0.3, 0.4) is 0 Å². The molecule has 1 aliphatic rings. The molecule has 2 N–H and O–H groups in total. The number of thiazole rings is 1. The number of aromatic nitrogens is 3. The Morgan fingerprint density at radius 2 is 2.03 bits per heavy atom. The van der Waals surface area contributed by atoms with Crippen molar-refractivity contribution in [3.8, 4) is 16.3 Å². The minimum atomic E-state index is -4.38. The van der Waals surface area contributed by atoms with Gasteiger partial charge in [0.1, 0.15) is 10.7 Å². The third-order valence-electron chi connectivity index (χ3n) is 4.92. The van der Waals surface area contributed by atoms with Crippen LogP contribution in [-0.2, 0) is 6.18 Å². The van der Waals surface area contributed by atoms with Gasteiger partial charge in [0.05, 0.1) is 17.4 Å². The molecule has 2 aromatic heterocycles. The lowest BCUT2D eigenvalue weighted by Gasteiger charge is -2.22. The van der Waals surface area contributed by atoms with E-state index in [0.29, 0.717) is 35.0 Å². The number of carbonyl (C=O) groups is 1. The van der Waals surface area contributed by atoms with Gasteiger partial charge >= 0.3 is 6.18 Å². The van der Waals surface area contributed by atoms with Crippen LogP contribution in [0.25, 0.3) is 16.3 Å². The fourth-order valence-corrected chi connectivity index (χ4v) is 4.15. The lowest BCUT2D eigenvalue weighted by Crippen LogP contribution is -2.40. The maximum atomic E-state index is 12.7. The van der Waals surface area contributed by atoms with Crippen molar-refractivity contribution in [2.24, 2.45) is 5.73 Å². The van der Waals surface area contributed by atoms with E-state index in [1.807, 2.05) is 0 Å². The van der Waals surface area contributed by atoms with Crippen LogP contribution < -0.4 is 5.73 Å². The zero-order chi connectivity index (χ0) is 20.6. The molecule has 3 heterocycles. The number of hydrogen-bond acceptors (Lipinski definition) is 5. The van der Waals surface area contributed by atoms with Gasteiger partial charge in [0.2, 0.25) is 0 Å². The maximum absolute atomic E-state index is 12.7. The van der Waals surface area contributed by atoms with Crippen LogP contribution in [0.2, 0.25) is 0 Å². The van der Waals surface area contributed by atoms with Gasteiger partial charge in [0.15, 0.2) is 0 Å². The Kier molecular flexibility index (Phi) is 5.13. The molecule has 1 aliphatic heterocycles. The third-order valence-corrected chi connectivity index (χ3v) is 5.81. The van der Waals surface area contributed by atoms with E-state index in [4.69, 9.17) is 5.73 Å². The number of benzene rings is 1. The lowest BCUT2D eigenvalue weighted by atomic mass is 10.2. The second-order valence-electron chi connectivity index (χ2n) is 6.79. The normalized spacial score (nSPS) is 17.1. The van der Waals surface area contributed by atoms with Crippen molar-refractivity contribution in [2.75, 3.05) is 13.1 Å². The predicted octanol–water partition coefficient (Wildman–Crippen LogP) is 3.58. The van der Waals surface area contributed by atoms with E-state index >= 15 is 0 Å². The first kappa shape index (κ1) is 19.6. The smallest absolute Gasteiger partial charge is 0.333 e. The van der Waals surface area contributed by atoms with Gasteiger partial charge in [-0.3, -0.25) is 4.79 Å². The minimum absolute atomic E-state index is 0.0510. The zero-order valence-corrected chi connectivity index (χ0v) is 16.1. The van der Waals surface area contributed by atoms with Crippen LogP contribution in [0, 0.1) is 0 Å². The molecule has 6 nitrogen and oxygen atoms in total. The highest BCUT2D eigenvalue weighted by Gasteiger charge is 2.31. The van der Waals surface area contributed by atoms with E-state index in [1.165, 1.54) is 28.2 Å². The molecule has 0 radical (unpaired) electrons. The van der Waals surface area contributed by atoms with Crippen LogP contribution in [0.5, 0.6) is 0 Å². The first-order valence-electron chi connectivity index (χ1n) is 9.06. The molecule has 1 fully saturated rings. The highest BCUT2D eigenvalue weighted by Crippen LogP contribution is 2.30. The molecule has 0 aliphatic carbocycles. The number of hydrogen-bond donors (Lipinski definition) is 1. The number of halogens is 3. The van der Waals surface area contributed by atoms with Gasteiger partial charge in [0, 0.05) is 36.3 Å². The lowest BCUT2D eigenvalue weighted by molar-refractivity contribution is -0.137. The molecule has 10 heteroatoms. The fraction of sp³-hybridized carbons (Fsp3) is 0.316. The number of alkyl halides is 3. The summed E-state index contributed by atoms with van der Waals surface area (Å²) >= 11 is 1.32. The summed E-state index contributed by atoms with van der Waals surface area (Å²) in [5.41, 5.74) is 6.58. The Balaban J connectivity index is 1.52. The van der Waals surface area contributed by atoms with E-state index in [0.717, 1.165) is 25.0 Å². The molecule has 0 bridgehead atoms. The molecule has 152 valence electrons. The predicted molar refractivity (Wildman–Crippen MR) is 103 cm³/mol. The number of nitrogens with two attached hydrogens (primary N) is 1. The van der Waals surface area contributed by atoms with Crippen molar-refractivity contribution in [1.29, 1.82) is 0 Å². The van der Waals surface area contributed by atoms with E-state index in [1.54, 1.807) is 22.7 Å². The Bertz CT molecular complexity index is 1010. The summed E-state index contributed by atoms with van der Waals surface area (Å²) < 4.78 is 39.6. The van der Waals surface area contributed by atoms with Crippen LogP contribution in [0.4, 0.5) is 13.2 Å². The topological polar surface area (TPSA) is 77.0 Å². The highest BCUT2D eigenvalue weighted by molar-refractivity contribution is 7.13. The SMILES string of the molecule is NC[C@H]1CCCN1C(=O)c1csc(-c2cnn(-c3ccc(C(F)(F)F)cc3)c2)n1. The molecular weight excluding hydrogens is 403 g/mol. The summed E-state index contributed by atoms with van der Waals surface area (Å²) in [5, 5.41) is 6.53. The van der Waals surface area contributed by atoms with Gasteiger partial charge in [-0.2, -0.15) is 18.3 Å². The largest absolute Gasteiger partial charge is 0.416 e. The summed E-state index contributed by atoms with van der Waals surface area (Å²) in [6.07, 6.45) is 0.705. The molecule has 1 amide bonds. The maximum Gasteiger partial charge on any atom is 0.416 e. The molecule has 0 spiro atoms. The summed E-state index contributed by atoms with van der Waals surface area (Å²) in [7, 11) is 0. The molecule has 1 atom stereocenters. The second kappa shape index (κ2) is 7.60. The van der Waals surface area contributed by atoms with Gasteiger partial charge in [-0.05, 0) is 37.1 Å². The van der Waals surface area contributed by atoms with Crippen LogP contribution >= 0.6 is 11.3 Å². The monoisotopic (exact) mass is 421 g/mol. The quantitative estimate of drug-likeness (QED) is 0.699. The number of carbonyl (C=O) groups excluding carboxylic acids is 1. The van der Waals surface area contributed by atoms with Gasteiger partial charge in [-0.15, -0.1) is 11.3 Å². The molecule has 0 unspecified atom stereocenters. The van der Waals surface area contributed by atoms with Gasteiger partial charge in [-0.1, -0.05) is 0 Å². The molecular formula is C19H18F3N5OS. The molecule has 3 aromatic rings. The van der Waals surface area contributed by atoms with E-state index in [2.05, 4.69) is 10.1 Å². The molecule has 0 saturated carbocycles. The Morgan fingerprint density at radius 1 is 1.28 bits per heavy atom. The molecule has 4 rings (SSSR count). The average molecular weight is 421 g/mol. The van der Waals surface area contributed by atoms with Crippen LogP contribution in [0.15, 0.2) is 42.0 Å². The summed E-state index contributed by atoms with van der Waals surface area (Å²) in [5.74, 6) is -0.129. The van der Waals surface area contributed by atoms with Crippen molar-refractivity contribution < 1.29 is 18.0 Å². The Morgan fingerprint density at radius 3 is 2.72 bits per heavy atom. The van der Waals surface area contributed by atoms with E-state index in [-0.39, 0.29) is 11.9 Å². The van der Waals surface area contributed by atoms with Gasteiger partial charge in [0.25, 0.3) is 5.91 Å². The van der Waals surface area contributed by atoms with Crippen LogP contribution in [-0.4, -0.2) is 44.7 Å². The fourth-order valence-electron chi connectivity index (χ4n) is 3.38. The Labute approximate surface area is 168 Å². The summed E-state index contributed by atoms with van der Waals surface area (Å²) in [4.78, 5) is 18.9. The number of amides is 1. The third kappa shape index (κ3) is 3.90. The summed E-state index contributed by atoms with van der Waals surface area (Å²) in [6, 6.07) is 4.80. The van der Waals surface area contributed by atoms with E-state index < -0.39 is 11.7 Å². The zero-order valence-electron chi connectivity index (χ0n) is 15.3. The van der Waals surface area contributed by atoms with Crippen molar-refractivity contribution in [1.82, 2.24) is 19.7 Å². The van der Waals surface area contributed by atoms with Crippen molar-refractivity contribution in [2.45, 2.75) is 25.1 Å². The highest BCUT2D eigenvalue weighted by atomic mass is 32.1. The standard InChI is InChI=1S/C19H18F3N5OS/c20-19(21,22)13-3-5-14(6-4-13)27-10-12(9-24-27)17-25-16(11-29-17)18(28)26-7-1-2-15(26)8-23/h3-6,9-11,15H,1-2,7-8,23H2/t15-/m1/s1. The van der Waals surface area contributed by atoms with Gasteiger partial charge < -0.3 is 10.6 Å². The first-order valence-corrected chi connectivity index (χ1v) is 9.94. The number of nitrogens with zero attached hydrogens (tertiary/aromatic N) is 4. The molecule has 1 saturated heterocycles. The molecule has 29 heavy (non-hydrogen) atoms. The van der Waals surface area contributed by atoms with Gasteiger partial charge in [-0.25, -0.2) is 9.67 Å². The average Bonchev–Trinajstić information content (AvgIpc) is 3.46. The van der Waals surface area contributed by atoms with Crippen molar-refractivity contribution in [3.05, 3.63) is 53.3 Å². The van der Waals surface area contributed by atoms with Crippen LogP contribution in [0.1, 0.15) is 28.9 Å². The van der Waals surface area contributed by atoms with E-state index in [9.17, 15) is 18.0 Å². The number of likely N-dealkylation sites (tertiary alicyclic amines) is 1. The summed E-state index contributed by atoms with van der Waals surface area (Å²) in [6.45, 7) is 1.11. The second-order valence-corrected chi connectivity index (χ2v) is 7.64. The minimum Gasteiger partial charge on any atom is -0.333 e.